The molecule has 1 aliphatic carbocycles. The second-order valence-corrected chi connectivity index (χ2v) is 4.98. The van der Waals surface area contributed by atoms with E-state index in [4.69, 9.17) is 0 Å². The summed E-state index contributed by atoms with van der Waals surface area (Å²) in [4.78, 5) is 14.1. The first kappa shape index (κ1) is 10.9. The molecule has 0 bridgehead atoms. The van der Waals surface area contributed by atoms with Gasteiger partial charge >= 0.3 is 0 Å². The zero-order valence-corrected chi connectivity index (χ0v) is 9.67. The van der Waals surface area contributed by atoms with Gasteiger partial charge in [-0.3, -0.25) is 9.69 Å². The van der Waals surface area contributed by atoms with E-state index in [0.717, 1.165) is 13.0 Å². The SMILES string of the molecule is CN1CCCC1C(=O)NC1CCCCC1. The van der Waals surface area contributed by atoms with E-state index in [0.29, 0.717) is 6.04 Å². The van der Waals surface area contributed by atoms with Crippen molar-refractivity contribution in [3.63, 3.8) is 0 Å². The molecule has 1 aliphatic heterocycles. The predicted octanol–water partition coefficient (Wildman–Crippen LogP) is 1.53. The molecule has 1 heterocycles. The molecule has 1 amide bonds. The predicted molar refractivity (Wildman–Crippen MR) is 60.7 cm³/mol. The van der Waals surface area contributed by atoms with Crippen molar-refractivity contribution < 1.29 is 4.79 Å². The Balaban J connectivity index is 1.80. The number of hydrogen-bond donors (Lipinski definition) is 1. The first-order valence-corrected chi connectivity index (χ1v) is 6.28. The number of rotatable bonds is 2. The summed E-state index contributed by atoms with van der Waals surface area (Å²) < 4.78 is 0. The van der Waals surface area contributed by atoms with E-state index in [9.17, 15) is 4.79 Å². The van der Waals surface area contributed by atoms with Crippen molar-refractivity contribution in [1.29, 1.82) is 0 Å². The van der Waals surface area contributed by atoms with Gasteiger partial charge in [0.1, 0.15) is 0 Å². The second kappa shape index (κ2) is 4.97. The van der Waals surface area contributed by atoms with E-state index in [1.807, 2.05) is 0 Å². The molecule has 2 aliphatic rings. The number of nitrogens with one attached hydrogen (secondary N) is 1. The standard InChI is InChI=1S/C12H22N2O/c1-14-9-5-8-11(14)12(15)13-10-6-3-2-4-7-10/h10-11H,2-9H2,1H3,(H,13,15). The fraction of sp³-hybridized carbons (Fsp3) is 0.917. The van der Waals surface area contributed by atoms with Crippen molar-refractivity contribution in [3.8, 4) is 0 Å². The van der Waals surface area contributed by atoms with Gasteiger partial charge in [0.2, 0.25) is 5.91 Å². The van der Waals surface area contributed by atoms with E-state index < -0.39 is 0 Å². The smallest absolute Gasteiger partial charge is 0.237 e. The summed E-state index contributed by atoms with van der Waals surface area (Å²) in [6.45, 7) is 1.07. The Hall–Kier alpha value is -0.570. The number of amides is 1. The van der Waals surface area contributed by atoms with Gasteiger partial charge in [-0.25, -0.2) is 0 Å². The van der Waals surface area contributed by atoms with Crippen molar-refractivity contribution in [3.05, 3.63) is 0 Å². The molecule has 1 unspecified atom stereocenters. The maximum atomic E-state index is 12.0. The lowest BCUT2D eigenvalue weighted by molar-refractivity contribution is -0.126. The molecule has 2 fully saturated rings. The number of carbonyl (C=O) groups excluding carboxylic acids is 1. The van der Waals surface area contributed by atoms with E-state index in [2.05, 4.69) is 17.3 Å². The summed E-state index contributed by atoms with van der Waals surface area (Å²) >= 11 is 0. The third-order valence-corrected chi connectivity index (χ3v) is 3.77. The minimum absolute atomic E-state index is 0.145. The van der Waals surface area contributed by atoms with Crippen LogP contribution in [0.15, 0.2) is 0 Å². The van der Waals surface area contributed by atoms with Crippen LogP contribution in [0.25, 0.3) is 0 Å². The quantitative estimate of drug-likeness (QED) is 0.749. The van der Waals surface area contributed by atoms with Crippen LogP contribution in [-0.2, 0) is 4.79 Å². The first-order chi connectivity index (χ1) is 7.27. The highest BCUT2D eigenvalue weighted by Crippen LogP contribution is 2.19. The molecular weight excluding hydrogens is 188 g/mol. The number of nitrogens with zero attached hydrogens (tertiary/aromatic N) is 1. The first-order valence-electron chi connectivity index (χ1n) is 6.28. The molecule has 3 nitrogen and oxygen atoms in total. The van der Waals surface area contributed by atoms with E-state index >= 15 is 0 Å². The lowest BCUT2D eigenvalue weighted by atomic mass is 9.95. The molecule has 1 atom stereocenters. The molecule has 86 valence electrons. The molecular formula is C12H22N2O. The van der Waals surface area contributed by atoms with Crippen LogP contribution < -0.4 is 5.32 Å². The van der Waals surface area contributed by atoms with Crippen molar-refractivity contribution in [2.75, 3.05) is 13.6 Å². The van der Waals surface area contributed by atoms with Crippen LogP contribution in [0.4, 0.5) is 0 Å². The Bertz CT molecular complexity index is 224. The fourth-order valence-electron chi connectivity index (χ4n) is 2.79. The van der Waals surface area contributed by atoms with Gasteiger partial charge in [0.15, 0.2) is 0 Å². The number of likely N-dealkylation sites (tertiary alicyclic amines) is 1. The van der Waals surface area contributed by atoms with Gasteiger partial charge in [-0.2, -0.15) is 0 Å². The molecule has 0 spiro atoms. The molecule has 15 heavy (non-hydrogen) atoms. The van der Waals surface area contributed by atoms with Crippen LogP contribution in [0.1, 0.15) is 44.9 Å². The number of hydrogen-bond acceptors (Lipinski definition) is 2. The van der Waals surface area contributed by atoms with Gasteiger partial charge in [0, 0.05) is 6.04 Å². The van der Waals surface area contributed by atoms with Gasteiger partial charge < -0.3 is 5.32 Å². The Morgan fingerprint density at radius 3 is 2.47 bits per heavy atom. The Kier molecular flexibility index (Phi) is 3.62. The normalized spacial score (nSPS) is 29.3. The molecule has 0 aromatic rings. The van der Waals surface area contributed by atoms with Crippen LogP contribution in [-0.4, -0.2) is 36.5 Å². The minimum atomic E-state index is 0.145. The van der Waals surface area contributed by atoms with Crippen LogP contribution in [0.5, 0.6) is 0 Å². The van der Waals surface area contributed by atoms with Crippen molar-refractivity contribution in [2.45, 2.75) is 57.0 Å². The van der Waals surface area contributed by atoms with Gasteiger partial charge in [-0.1, -0.05) is 19.3 Å². The summed E-state index contributed by atoms with van der Waals surface area (Å²) in [5.74, 6) is 0.266. The lowest BCUT2D eigenvalue weighted by Gasteiger charge is -2.26. The largest absolute Gasteiger partial charge is 0.352 e. The Morgan fingerprint density at radius 1 is 1.13 bits per heavy atom. The maximum Gasteiger partial charge on any atom is 0.237 e. The molecule has 1 saturated heterocycles. The van der Waals surface area contributed by atoms with Crippen molar-refractivity contribution in [1.82, 2.24) is 10.2 Å². The van der Waals surface area contributed by atoms with Gasteiger partial charge in [0.05, 0.1) is 6.04 Å². The highest BCUT2D eigenvalue weighted by Gasteiger charge is 2.29. The monoisotopic (exact) mass is 210 g/mol. The van der Waals surface area contributed by atoms with Crippen LogP contribution in [0.3, 0.4) is 0 Å². The summed E-state index contributed by atoms with van der Waals surface area (Å²) in [6, 6.07) is 0.604. The Morgan fingerprint density at radius 2 is 1.87 bits per heavy atom. The van der Waals surface area contributed by atoms with E-state index in [1.54, 1.807) is 0 Å². The van der Waals surface area contributed by atoms with Gasteiger partial charge in [-0.05, 0) is 39.3 Å². The van der Waals surface area contributed by atoms with Crippen LogP contribution >= 0.6 is 0 Å². The summed E-state index contributed by atoms with van der Waals surface area (Å²) in [7, 11) is 2.05. The van der Waals surface area contributed by atoms with E-state index in [-0.39, 0.29) is 11.9 Å². The zero-order valence-electron chi connectivity index (χ0n) is 9.67. The van der Waals surface area contributed by atoms with Gasteiger partial charge in [-0.15, -0.1) is 0 Å². The molecule has 2 rings (SSSR count). The third-order valence-electron chi connectivity index (χ3n) is 3.77. The van der Waals surface area contributed by atoms with Crippen LogP contribution in [0.2, 0.25) is 0 Å². The highest BCUT2D eigenvalue weighted by atomic mass is 16.2. The lowest BCUT2D eigenvalue weighted by Crippen LogP contribution is -2.46. The molecule has 3 heteroatoms. The topological polar surface area (TPSA) is 32.3 Å². The summed E-state index contributed by atoms with van der Waals surface area (Å²) in [5, 5.41) is 3.21. The molecule has 0 radical (unpaired) electrons. The molecule has 0 aromatic carbocycles. The average Bonchev–Trinajstić information content (AvgIpc) is 2.66. The molecule has 1 N–H and O–H groups in total. The van der Waals surface area contributed by atoms with Gasteiger partial charge in [0.25, 0.3) is 0 Å². The zero-order chi connectivity index (χ0) is 10.7. The molecule has 1 saturated carbocycles. The summed E-state index contributed by atoms with van der Waals surface area (Å²) in [5.41, 5.74) is 0. The van der Waals surface area contributed by atoms with E-state index in [1.165, 1.54) is 38.5 Å². The second-order valence-electron chi connectivity index (χ2n) is 4.98. The van der Waals surface area contributed by atoms with Crippen molar-refractivity contribution in [2.24, 2.45) is 0 Å². The average molecular weight is 210 g/mol. The highest BCUT2D eigenvalue weighted by molar-refractivity contribution is 5.82. The summed E-state index contributed by atoms with van der Waals surface area (Å²) in [6.07, 6.45) is 8.48. The maximum absolute atomic E-state index is 12.0. The molecule has 0 aromatic heterocycles. The number of carbonyl (C=O) groups is 1. The van der Waals surface area contributed by atoms with Crippen LogP contribution in [0, 0.1) is 0 Å². The van der Waals surface area contributed by atoms with Crippen molar-refractivity contribution >= 4 is 5.91 Å². The Labute approximate surface area is 92.2 Å². The third kappa shape index (κ3) is 2.71. The number of likely N-dealkylation sites (N-methyl/N-ethyl adjacent to an activating group) is 1. The minimum Gasteiger partial charge on any atom is -0.352 e. The fourth-order valence-corrected chi connectivity index (χ4v) is 2.79.